The standard InChI is InChI=1S/C20H20N2O6S2/c23-18-11-4-6-29-16(11)19(24)22(18)8-10-7-12-13(9-28-10)30-17(15(12)20(25)26)21-14-3-1-2-5-27-14/h4,6,10,14,21H,1-3,5,7-9H2,(H,25,26). The predicted molar refractivity (Wildman–Crippen MR) is 110 cm³/mol. The van der Waals surface area contributed by atoms with Gasteiger partial charge in [-0.1, -0.05) is 0 Å². The summed E-state index contributed by atoms with van der Waals surface area (Å²) in [4.78, 5) is 39.6. The predicted octanol–water partition coefficient (Wildman–Crippen LogP) is 3.18. The molecule has 30 heavy (non-hydrogen) atoms. The molecule has 10 heteroatoms. The number of imide groups is 1. The number of nitrogens with zero attached hydrogens (tertiary/aromatic N) is 1. The molecule has 3 aliphatic heterocycles. The van der Waals surface area contributed by atoms with E-state index in [1.807, 2.05) is 0 Å². The summed E-state index contributed by atoms with van der Waals surface area (Å²) in [5.41, 5.74) is 1.40. The lowest BCUT2D eigenvalue weighted by Crippen LogP contribution is -2.40. The van der Waals surface area contributed by atoms with E-state index in [0.29, 0.717) is 28.5 Å². The summed E-state index contributed by atoms with van der Waals surface area (Å²) in [7, 11) is 0. The van der Waals surface area contributed by atoms with E-state index in [2.05, 4.69) is 5.32 Å². The summed E-state index contributed by atoms with van der Waals surface area (Å²) in [5, 5.41) is 15.4. The van der Waals surface area contributed by atoms with Crippen molar-refractivity contribution in [3.8, 4) is 0 Å². The molecule has 5 rings (SSSR count). The van der Waals surface area contributed by atoms with Gasteiger partial charge in [0, 0.05) is 17.9 Å². The van der Waals surface area contributed by atoms with Gasteiger partial charge < -0.3 is 19.9 Å². The number of hydrogen-bond acceptors (Lipinski definition) is 8. The van der Waals surface area contributed by atoms with Crippen LogP contribution in [0.25, 0.3) is 0 Å². The Morgan fingerprint density at radius 3 is 2.87 bits per heavy atom. The number of nitrogens with one attached hydrogen (secondary N) is 1. The molecule has 8 nitrogen and oxygen atoms in total. The number of hydrogen-bond donors (Lipinski definition) is 2. The van der Waals surface area contributed by atoms with Gasteiger partial charge in [-0.3, -0.25) is 14.5 Å². The lowest BCUT2D eigenvalue weighted by atomic mass is 10.0. The minimum atomic E-state index is -0.998. The van der Waals surface area contributed by atoms with Crippen LogP contribution in [0.3, 0.4) is 0 Å². The van der Waals surface area contributed by atoms with E-state index in [4.69, 9.17) is 9.47 Å². The third kappa shape index (κ3) is 3.33. The summed E-state index contributed by atoms with van der Waals surface area (Å²) in [6.07, 6.45) is 2.61. The van der Waals surface area contributed by atoms with Crippen molar-refractivity contribution in [3.63, 3.8) is 0 Å². The maximum Gasteiger partial charge on any atom is 0.338 e. The molecule has 0 spiro atoms. The van der Waals surface area contributed by atoms with Crippen LogP contribution in [0, 0.1) is 0 Å². The smallest absolute Gasteiger partial charge is 0.338 e. The summed E-state index contributed by atoms with van der Waals surface area (Å²) in [5.74, 6) is -1.62. The molecule has 0 saturated carbocycles. The number of ether oxygens (including phenoxy) is 2. The molecule has 0 bridgehead atoms. The van der Waals surface area contributed by atoms with Crippen molar-refractivity contribution in [2.75, 3.05) is 18.5 Å². The van der Waals surface area contributed by atoms with Crippen molar-refractivity contribution in [1.29, 1.82) is 0 Å². The van der Waals surface area contributed by atoms with E-state index in [1.54, 1.807) is 11.4 Å². The molecule has 2 amide bonds. The Kier molecular flexibility index (Phi) is 5.10. The fraction of sp³-hybridized carbons (Fsp3) is 0.450. The highest BCUT2D eigenvalue weighted by atomic mass is 32.1. The minimum Gasteiger partial charge on any atom is -0.478 e. The first kappa shape index (κ1) is 19.7. The van der Waals surface area contributed by atoms with E-state index < -0.39 is 12.1 Å². The first-order chi connectivity index (χ1) is 14.5. The van der Waals surface area contributed by atoms with Crippen molar-refractivity contribution in [3.05, 3.63) is 37.9 Å². The van der Waals surface area contributed by atoms with Crippen molar-refractivity contribution >= 4 is 45.5 Å². The summed E-state index contributed by atoms with van der Waals surface area (Å²) < 4.78 is 11.6. The number of rotatable bonds is 5. The topological polar surface area (TPSA) is 105 Å². The summed E-state index contributed by atoms with van der Waals surface area (Å²) in [6.45, 7) is 1.04. The third-order valence-corrected chi connectivity index (χ3v) is 7.66. The zero-order chi connectivity index (χ0) is 20.8. The first-order valence-corrected chi connectivity index (χ1v) is 11.5. The zero-order valence-corrected chi connectivity index (χ0v) is 17.6. The van der Waals surface area contributed by atoms with Gasteiger partial charge in [0.15, 0.2) is 0 Å². The number of carboxylic acids is 1. The molecule has 1 fully saturated rings. The number of carboxylic acid groups (broad SMARTS) is 1. The molecule has 0 aliphatic carbocycles. The number of thiophene rings is 2. The average Bonchev–Trinajstić information content (AvgIpc) is 3.40. The van der Waals surface area contributed by atoms with E-state index >= 15 is 0 Å². The average molecular weight is 449 g/mol. The van der Waals surface area contributed by atoms with Gasteiger partial charge in [-0.2, -0.15) is 0 Å². The highest BCUT2D eigenvalue weighted by Crippen LogP contribution is 2.39. The molecule has 2 unspecified atom stereocenters. The summed E-state index contributed by atoms with van der Waals surface area (Å²) >= 11 is 2.63. The molecule has 0 aromatic carbocycles. The van der Waals surface area contributed by atoms with Crippen LogP contribution in [0.5, 0.6) is 0 Å². The van der Waals surface area contributed by atoms with Crippen LogP contribution in [0.4, 0.5) is 5.00 Å². The van der Waals surface area contributed by atoms with Crippen LogP contribution in [0.15, 0.2) is 11.4 Å². The third-order valence-electron chi connectivity index (χ3n) is 5.62. The van der Waals surface area contributed by atoms with Crippen LogP contribution in [-0.4, -0.2) is 53.3 Å². The van der Waals surface area contributed by atoms with Crippen LogP contribution < -0.4 is 5.32 Å². The van der Waals surface area contributed by atoms with Gasteiger partial charge in [0.05, 0.1) is 30.4 Å². The van der Waals surface area contributed by atoms with Gasteiger partial charge >= 0.3 is 5.97 Å². The second kappa shape index (κ2) is 7.77. The second-order valence-corrected chi connectivity index (χ2v) is 9.56. The van der Waals surface area contributed by atoms with Crippen LogP contribution in [0.2, 0.25) is 0 Å². The monoisotopic (exact) mass is 448 g/mol. The van der Waals surface area contributed by atoms with E-state index in [1.165, 1.54) is 27.6 Å². The van der Waals surface area contributed by atoms with Gasteiger partial charge in [0.2, 0.25) is 0 Å². The number of amides is 2. The zero-order valence-electron chi connectivity index (χ0n) is 16.0. The maximum absolute atomic E-state index is 12.5. The number of anilines is 1. The van der Waals surface area contributed by atoms with Gasteiger partial charge in [-0.25, -0.2) is 4.79 Å². The number of fused-ring (bicyclic) bond motifs is 2. The van der Waals surface area contributed by atoms with E-state index in [-0.39, 0.29) is 36.8 Å². The maximum atomic E-state index is 12.5. The van der Waals surface area contributed by atoms with Crippen LogP contribution in [-0.2, 0) is 22.5 Å². The fourth-order valence-corrected chi connectivity index (χ4v) is 6.16. The molecular formula is C20H20N2O6S2. The van der Waals surface area contributed by atoms with Gasteiger partial charge in [0.1, 0.15) is 16.1 Å². The van der Waals surface area contributed by atoms with Crippen LogP contribution >= 0.6 is 22.7 Å². The second-order valence-electron chi connectivity index (χ2n) is 7.53. The number of aromatic carboxylic acids is 1. The lowest BCUT2D eigenvalue weighted by molar-refractivity contribution is 0.00935. The van der Waals surface area contributed by atoms with Crippen molar-refractivity contribution in [2.24, 2.45) is 0 Å². The molecule has 0 radical (unpaired) electrons. The Morgan fingerprint density at radius 1 is 1.27 bits per heavy atom. The minimum absolute atomic E-state index is 0.113. The number of carbonyl (C=O) groups is 3. The lowest BCUT2D eigenvalue weighted by Gasteiger charge is -2.26. The largest absolute Gasteiger partial charge is 0.478 e. The van der Waals surface area contributed by atoms with Crippen LogP contribution in [0.1, 0.15) is 60.1 Å². The van der Waals surface area contributed by atoms with Crippen molar-refractivity contribution < 1.29 is 29.0 Å². The molecule has 3 aliphatic rings. The summed E-state index contributed by atoms with van der Waals surface area (Å²) in [6, 6.07) is 1.66. The fourth-order valence-electron chi connectivity index (χ4n) is 4.14. The highest BCUT2D eigenvalue weighted by Gasteiger charge is 2.39. The Hall–Kier alpha value is -2.27. The molecule has 5 heterocycles. The van der Waals surface area contributed by atoms with Gasteiger partial charge in [0.25, 0.3) is 11.8 Å². The first-order valence-electron chi connectivity index (χ1n) is 9.84. The molecule has 2 atom stereocenters. The molecule has 158 valence electrons. The van der Waals surface area contributed by atoms with Crippen molar-refractivity contribution in [2.45, 2.75) is 44.6 Å². The van der Waals surface area contributed by atoms with Gasteiger partial charge in [-0.15, -0.1) is 22.7 Å². The molecular weight excluding hydrogens is 428 g/mol. The van der Waals surface area contributed by atoms with E-state index in [9.17, 15) is 19.5 Å². The number of carbonyl (C=O) groups excluding carboxylic acids is 2. The Labute approximate surface area is 180 Å². The van der Waals surface area contributed by atoms with Crippen molar-refractivity contribution in [1.82, 2.24) is 4.90 Å². The molecule has 2 N–H and O–H groups in total. The SMILES string of the molecule is O=C(O)c1c(NC2CCCCO2)sc2c1CC(CN1C(=O)c3ccsc3C1=O)OC2. The highest BCUT2D eigenvalue weighted by molar-refractivity contribution is 7.16. The molecule has 2 aromatic heterocycles. The Balaban J connectivity index is 1.34. The molecule has 1 saturated heterocycles. The van der Waals surface area contributed by atoms with Gasteiger partial charge in [-0.05, 0) is 36.3 Å². The Morgan fingerprint density at radius 2 is 2.13 bits per heavy atom. The Bertz CT molecular complexity index is 992. The van der Waals surface area contributed by atoms with E-state index in [0.717, 1.165) is 29.7 Å². The quantitative estimate of drug-likeness (QED) is 0.677. The molecule has 2 aromatic rings. The normalized spacial score (nSPS) is 23.4.